The van der Waals surface area contributed by atoms with Crippen molar-refractivity contribution in [2.45, 2.75) is 6.92 Å². The molecule has 0 aromatic rings. The van der Waals surface area contributed by atoms with Gasteiger partial charge < -0.3 is 0 Å². The Morgan fingerprint density at radius 2 is 1.67 bits per heavy atom. The molecule has 0 heterocycles. The van der Waals surface area contributed by atoms with E-state index in [9.17, 15) is 0 Å². The van der Waals surface area contributed by atoms with Gasteiger partial charge in [-0.15, -0.1) is 0 Å². The van der Waals surface area contributed by atoms with Gasteiger partial charge in [0.05, 0.1) is 3.39 Å². The minimum Gasteiger partial charge on any atom is -0.0583 e. The molecule has 0 spiro atoms. The van der Waals surface area contributed by atoms with E-state index < -0.39 is 0 Å². The van der Waals surface area contributed by atoms with Crippen LogP contribution in [0, 0.1) is 0 Å². The van der Waals surface area contributed by atoms with Crippen LogP contribution in [0.2, 0.25) is 0 Å². The van der Waals surface area contributed by atoms with Gasteiger partial charge in [0.2, 0.25) is 0 Å². The molecule has 0 aromatic carbocycles. The lowest BCUT2D eigenvalue weighted by atomic mass is 10.4. The number of rotatable bonds is 1. The summed E-state index contributed by atoms with van der Waals surface area (Å²) in [5.74, 6) is 0. The third-order valence-electron chi connectivity index (χ3n) is 0.738. The van der Waals surface area contributed by atoms with Gasteiger partial charge in [0.15, 0.2) is 0 Å². The van der Waals surface area contributed by atoms with Crippen molar-refractivity contribution in [3.8, 4) is 0 Å². The Balaban J connectivity index is 4.40. The standard InChI is InChI=1S/C5H4Br4/c1-3(5(8)9)4(7)2-6/h2H,1H3/b4-2-. The molecular weight excluding hydrogens is 380 g/mol. The van der Waals surface area contributed by atoms with Crippen LogP contribution in [-0.2, 0) is 0 Å². The molecule has 0 atom stereocenters. The van der Waals surface area contributed by atoms with Gasteiger partial charge in [-0.05, 0) is 65.3 Å². The van der Waals surface area contributed by atoms with Crippen LogP contribution >= 0.6 is 63.7 Å². The zero-order chi connectivity index (χ0) is 7.44. The smallest absolute Gasteiger partial charge is 0.0583 e. The molecule has 0 rings (SSSR count). The fraction of sp³-hybridized carbons (Fsp3) is 0.200. The number of hydrogen-bond acceptors (Lipinski definition) is 0. The molecule has 0 unspecified atom stereocenters. The zero-order valence-electron chi connectivity index (χ0n) is 4.59. The minimum absolute atomic E-state index is 0.956. The highest BCUT2D eigenvalue weighted by atomic mass is 79.9. The van der Waals surface area contributed by atoms with Crippen molar-refractivity contribution in [2.75, 3.05) is 0 Å². The van der Waals surface area contributed by atoms with Gasteiger partial charge in [0.25, 0.3) is 0 Å². The van der Waals surface area contributed by atoms with E-state index in [-0.39, 0.29) is 0 Å². The lowest BCUT2D eigenvalue weighted by Crippen LogP contribution is -1.71. The molecule has 0 radical (unpaired) electrons. The first-order valence-electron chi connectivity index (χ1n) is 2.07. The largest absolute Gasteiger partial charge is 0.0644 e. The van der Waals surface area contributed by atoms with Crippen LogP contribution in [0.4, 0.5) is 0 Å². The summed E-state index contributed by atoms with van der Waals surface area (Å²) in [6.45, 7) is 1.99. The van der Waals surface area contributed by atoms with E-state index >= 15 is 0 Å². The van der Waals surface area contributed by atoms with E-state index in [1.165, 1.54) is 0 Å². The van der Waals surface area contributed by atoms with Crippen molar-refractivity contribution in [2.24, 2.45) is 0 Å². The summed E-state index contributed by atoms with van der Waals surface area (Å²) in [5, 5.41) is 0. The van der Waals surface area contributed by atoms with Crippen LogP contribution in [0.15, 0.2) is 18.4 Å². The number of halogens is 4. The Labute approximate surface area is 88.3 Å². The summed E-state index contributed by atoms with van der Waals surface area (Å²) >= 11 is 13.1. The van der Waals surface area contributed by atoms with Crippen molar-refractivity contribution in [1.82, 2.24) is 0 Å². The van der Waals surface area contributed by atoms with Crippen molar-refractivity contribution < 1.29 is 0 Å². The average Bonchev–Trinajstić information content (AvgIpc) is 1.84. The third kappa shape index (κ3) is 3.96. The van der Waals surface area contributed by atoms with E-state index in [1.807, 2.05) is 11.9 Å². The second-order valence-electron chi connectivity index (χ2n) is 1.34. The molecule has 0 aliphatic rings. The summed E-state index contributed by atoms with van der Waals surface area (Å²) in [7, 11) is 0. The van der Waals surface area contributed by atoms with Gasteiger partial charge in [-0.1, -0.05) is 15.9 Å². The Hall–Kier alpha value is 1.40. The molecular formula is C5H4Br4. The van der Waals surface area contributed by atoms with Gasteiger partial charge in [-0.3, -0.25) is 0 Å². The Morgan fingerprint density at radius 3 is 1.78 bits per heavy atom. The Bertz CT molecular complexity index is 152. The van der Waals surface area contributed by atoms with Gasteiger partial charge in [-0.2, -0.15) is 0 Å². The Morgan fingerprint density at radius 1 is 1.22 bits per heavy atom. The van der Waals surface area contributed by atoms with Crippen LogP contribution in [0.1, 0.15) is 6.92 Å². The van der Waals surface area contributed by atoms with E-state index in [0.29, 0.717) is 0 Å². The SMILES string of the molecule is CC(=C(Br)Br)/C(Br)=C/Br. The van der Waals surface area contributed by atoms with Crippen molar-refractivity contribution in [3.05, 3.63) is 18.4 Å². The van der Waals surface area contributed by atoms with E-state index in [1.54, 1.807) is 0 Å². The summed E-state index contributed by atoms with van der Waals surface area (Å²) < 4.78 is 1.98. The highest BCUT2D eigenvalue weighted by molar-refractivity contribution is 9.28. The maximum absolute atomic E-state index is 3.34. The molecule has 0 amide bonds. The summed E-state index contributed by atoms with van der Waals surface area (Å²) in [5.41, 5.74) is 1.12. The van der Waals surface area contributed by atoms with Gasteiger partial charge >= 0.3 is 0 Å². The summed E-state index contributed by atoms with van der Waals surface area (Å²) in [6.07, 6.45) is 0. The van der Waals surface area contributed by atoms with Gasteiger partial charge in [0, 0.05) is 4.48 Å². The number of hydrogen-bond donors (Lipinski definition) is 0. The molecule has 0 saturated heterocycles. The van der Waals surface area contributed by atoms with E-state index in [4.69, 9.17) is 0 Å². The van der Waals surface area contributed by atoms with Crippen molar-refractivity contribution in [3.63, 3.8) is 0 Å². The molecule has 4 heteroatoms. The summed E-state index contributed by atoms with van der Waals surface area (Å²) in [6, 6.07) is 0. The lowest BCUT2D eigenvalue weighted by Gasteiger charge is -1.95. The average molecular weight is 384 g/mol. The second-order valence-corrected chi connectivity index (χ2v) is 5.30. The fourth-order valence-corrected chi connectivity index (χ4v) is 1.67. The second kappa shape index (κ2) is 5.10. The molecule has 0 aliphatic carbocycles. The predicted octanol–water partition coefficient (Wildman–Crippen LogP) is 4.64. The van der Waals surface area contributed by atoms with E-state index in [0.717, 1.165) is 13.4 Å². The lowest BCUT2D eigenvalue weighted by molar-refractivity contribution is 1.54. The zero-order valence-corrected chi connectivity index (χ0v) is 10.9. The van der Waals surface area contributed by atoms with Gasteiger partial charge in [-0.25, -0.2) is 0 Å². The number of allylic oxidation sites excluding steroid dienone is 2. The topological polar surface area (TPSA) is 0 Å². The predicted molar refractivity (Wildman–Crippen MR) is 56.5 cm³/mol. The molecule has 0 aromatic heterocycles. The van der Waals surface area contributed by atoms with Crippen LogP contribution in [-0.4, -0.2) is 0 Å². The maximum atomic E-state index is 3.34. The molecule has 0 saturated carbocycles. The minimum atomic E-state index is 0.956. The quantitative estimate of drug-likeness (QED) is 0.579. The first kappa shape index (κ1) is 10.4. The molecule has 0 bridgehead atoms. The molecule has 0 N–H and O–H groups in total. The monoisotopic (exact) mass is 380 g/mol. The van der Waals surface area contributed by atoms with Crippen LogP contribution in [0.25, 0.3) is 0 Å². The Kier molecular flexibility index (Phi) is 5.90. The van der Waals surface area contributed by atoms with Crippen LogP contribution < -0.4 is 0 Å². The molecule has 0 fully saturated rings. The third-order valence-corrected chi connectivity index (χ3v) is 3.82. The molecule has 52 valence electrons. The van der Waals surface area contributed by atoms with E-state index in [2.05, 4.69) is 63.7 Å². The molecule has 9 heavy (non-hydrogen) atoms. The van der Waals surface area contributed by atoms with Crippen LogP contribution in [0.5, 0.6) is 0 Å². The fourth-order valence-electron chi connectivity index (χ4n) is 0.172. The highest BCUT2D eigenvalue weighted by Gasteiger charge is 1.96. The molecule has 0 nitrogen and oxygen atoms in total. The normalized spacial score (nSPS) is 11.4. The summed E-state index contributed by atoms with van der Waals surface area (Å²) in [4.78, 5) is 1.81. The maximum Gasteiger partial charge on any atom is 0.0644 e. The first-order chi connectivity index (χ1) is 4.09. The van der Waals surface area contributed by atoms with Crippen molar-refractivity contribution >= 4 is 63.7 Å². The van der Waals surface area contributed by atoms with Gasteiger partial charge in [0.1, 0.15) is 0 Å². The first-order valence-corrected chi connectivity index (χ1v) is 5.37. The van der Waals surface area contributed by atoms with Crippen molar-refractivity contribution in [1.29, 1.82) is 0 Å². The highest BCUT2D eigenvalue weighted by Crippen LogP contribution is 2.28. The molecule has 0 aliphatic heterocycles. The van der Waals surface area contributed by atoms with Crippen LogP contribution in [0.3, 0.4) is 0 Å².